The van der Waals surface area contributed by atoms with Gasteiger partial charge in [0.15, 0.2) is 0 Å². The van der Waals surface area contributed by atoms with Gasteiger partial charge < -0.3 is 35.0 Å². The van der Waals surface area contributed by atoms with Gasteiger partial charge in [-0.1, -0.05) is 72.3 Å². The van der Waals surface area contributed by atoms with E-state index < -0.39 is 54.8 Å². The van der Waals surface area contributed by atoms with E-state index in [-0.39, 0.29) is 32.0 Å². The van der Waals surface area contributed by atoms with E-state index in [1.165, 1.54) is 23.8 Å². The summed E-state index contributed by atoms with van der Waals surface area (Å²) >= 11 is 6.06. The first-order valence-corrected chi connectivity index (χ1v) is 16.6. The molecule has 3 aromatic carbocycles. The van der Waals surface area contributed by atoms with E-state index in [9.17, 15) is 33.1 Å². The highest BCUT2D eigenvalue weighted by Crippen LogP contribution is 2.44. The van der Waals surface area contributed by atoms with Gasteiger partial charge in [-0.2, -0.15) is 8.78 Å². The molecular weight excluding hydrogens is 674 g/mol. The number of hydrogen-bond acceptors (Lipinski definition) is 6. The van der Waals surface area contributed by atoms with Gasteiger partial charge in [-0.15, -0.1) is 0 Å². The molecular formula is C36H39ClF2N4O7. The Kier molecular flexibility index (Phi) is 11.6. The molecule has 0 saturated carbocycles. The van der Waals surface area contributed by atoms with Crippen LogP contribution in [0.15, 0.2) is 72.8 Å². The van der Waals surface area contributed by atoms with Crippen molar-refractivity contribution in [2.24, 2.45) is 0 Å². The fourth-order valence-electron chi connectivity index (χ4n) is 6.78. The van der Waals surface area contributed by atoms with Gasteiger partial charge >= 0.3 is 18.8 Å². The van der Waals surface area contributed by atoms with E-state index in [0.29, 0.717) is 17.9 Å². The Morgan fingerprint density at radius 1 is 1.00 bits per heavy atom. The predicted octanol–water partition coefficient (Wildman–Crippen LogP) is 5.50. The number of halogens is 3. The quantitative estimate of drug-likeness (QED) is 0.225. The third-order valence-corrected chi connectivity index (χ3v) is 9.64. The molecule has 0 bridgehead atoms. The summed E-state index contributed by atoms with van der Waals surface area (Å²) in [4.78, 5) is 54.6. The molecule has 0 unspecified atom stereocenters. The number of amides is 4. The number of benzene rings is 3. The lowest BCUT2D eigenvalue weighted by atomic mass is 9.81. The number of carboxylic acid groups (broad SMARTS) is 1. The smallest absolute Gasteiger partial charge is 0.407 e. The number of rotatable bonds is 12. The second kappa shape index (κ2) is 15.9. The Balaban J connectivity index is 1.26. The highest BCUT2D eigenvalue weighted by molar-refractivity contribution is 6.30. The number of hydrogen-bond donors (Lipinski definition) is 3. The lowest BCUT2D eigenvalue weighted by Crippen LogP contribution is -2.65. The summed E-state index contributed by atoms with van der Waals surface area (Å²) in [6.45, 7) is -2.53. The molecule has 4 amide bonds. The third-order valence-electron chi connectivity index (χ3n) is 9.39. The Labute approximate surface area is 293 Å². The average Bonchev–Trinajstić information content (AvgIpc) is 3.42. The van der Waals surface area contributed by atoms with Crippen LogP contribution in [0.5, 0.6) is 0 Å². The molecule has 3 N–H and O–H groups in total. The summed E-state index contributed by atoms with van der Waals surface area (Å²) in [5, 5.41) is 15.2. The molecule has 0 aromatic heterocycles. The van der Waals surface area contributed by atoms with Gasteiger partial charge in [-0.3, -0.25) is 9.59 Å². The highest BCUT2D eigenvalue weighted by Gasteiger charge is 2.45. The number of nitrogens with one attached hydrogen (secondary N) is 2. The molecule has 11 nitrogen and oxygen atoms in total. The van der Waals surface area contributed by atoms with E-state index in [1.54, 1.807) is 24.3 Å². The van der Waals surface area contributed by atoms with Crippen LogP contribution < -0.4 is 10.6 Å². The van der Waals surface area contributed by atoms with Crippen LogP contribution >= 0.6 is 11.6 Å². The first-order valence-electron chi connectivity index (χ1n) is 16.2. The molecule has 1 fully saturated rings. The summed E-state index contributed by atoms with van der Waals surface area (Å²) < 4.78 is 36.4. The molecule has 14 heteroatoms. The number of piperidine rings is 1. The van der Waals surface area contributed by atoms with E-state index in [0.717, 1.165) is 27.8 Å². The van der Waals surface area contributed by atoms with Crippen LogP contribution in [0, 0.1) is 0 Å². The molecule has 1 heterocycles. The van der Waals surface area contributed by atoms with Crippen LogP contribution in [-0.2, 0) is 25.5 Å². The highest BCUT2D eigenvalue weighted by atomic mass is 35.5. The summed E-state index contributed by atoms with van der Waals surface area (Å²) in [6, 6.07) is 19.7. The topological polar surface area (TPSA) is 138 Å². The van der Waals surface area contributed by atoms with E-state index >= 15 is 0 Å². The number of ether oxygens (including phenoxy) is 2. The van der Waals surface area contributed by atoms with E-state index in [1.807, 2.05) is 48.5 Å². The lowest BCUT2D eigenvalue weighted by Gasteiger charge is -2.48. The second-order valence-corrected chi connectivity index (χ2v) is 13.0. The first-order chi connectivity index (χ1) is 23.9. The molecule has 0 radical (unpaired) electrons. The maximum Gasteiger partial charge on any atom is 0.407 e. The molecule has 0 spiro atoms. The molecule has 266 valence electrons. The maximum absolute atomic E-state index is 14.0. The van der Waals surface area contributed by atoms with Crippen LogP contribution in [0.3, 0.4) is 0 Å². The van der Waals surface area contributed by atoms with Crippen molar-refractivity contribution in [3.05, 3.63) is 94.5 Å². The van der Waals surface area contributed by atoms with Crippen LogP contribution in [0.25, 0.3) is 11.1 Å². The minimum atomic E-state index is -3.23. The summed E-state index contributed by atoms with van der Waals surface area (Å²) in [5.74, 6) is -1.82. The SMILES string of the molecule is C[C@H](NC(=O)OCC1c2ccccc2-c2ccccc21)C(=O)N[C@@H](COC(F)F)C(=O)N(C)[C@@]1(Cc2ccc(Cl)cc2)CCCN(C(=O)O)C1. The van der Waals surface area contributed by atoms with E-state index in [2.05, 4.69) is 15.4 Å². The zero-order valence-electron chi connectivity index (χ0n) is 27.6. The van der Waals surface area contributed by atoms with E-state index in [4.69, 9.17) is 16.3 Å². The van der Waals surface area contributed by atoms with Crippen LogP contribution in [0.4, 0.5) is 18.4 Å². The number of alkyl halides is 2. The number of carbonyl (C=O) groups excluding carboxylic acids is 3. The van der Waals surface area contributed by atoms with Gasteiger partial charge in [0.05, 0.1) is 12.1 Å². The molecule has 1 aliphatic carbocycles. The van der Waals surface area contributed by atoms with Crippen LogP contribution in [0.2, 0.25) is 5.02 Å². The number of nitrogens with zero attached hydrogens (tertiary/aromatic N) is 2. The zero-order valence-corrected chi connectivity index (χ0v) is 28.4. The van der Waals surface area contributed by atoms with Crippen molar-refractivity contribution in [1.82, 2.24) is 20.4 Å². The minimum absolute atomic E-state index is 0.00535. The number of likely N-dealkylation sites (tertiary alicyclic amines) is 1. The molecule has 3 atom stereocenters. The van der Waals surface area contributed by atoms with Crippen molar-refractivity contribution >= 4 is 35.6 Å². The Morgan fingerprint density at radius 3 is 2.22 bits per heavy atom. The Hall–Kier alpha value is -4.75. The number of likely N-dealkylation sites (N-methyl/N-ethyl adjacent to an activating group) is 1. The average molecular weight is 713 g/mol. The van der Waals surface area contributed by atoms with Gasteiger partial charge in [-0.25, -0.2) is 9.59 Å². The van der Waals surface area contributed by atoms with Crippen molar-refractivity contribution in [2.75, 3.05) is 33.4 Å². The van der Waals surface area contributed by atoms with Gasteiger partial charge in [0.1, 0.15) is 18.7 Å². The van der Waals surface area contributed by atoms with Crippen molar-refractivity contribution in [2.45, 2.75) is 56.3 Å². The van der Waals surface area contributed by atoms with Gasteiger partial charge in [0.25, 0.3) is 0 Å². The molecule has 2 aliphatic rings. The Bertz CT molecular complexity index is 1670. The first kappa shape index (κ1) is 36.5. The van der Waals surface area contributed by atoms with Crippen molar-refractivity contribution in [3.8, 4) is 11.1 Å². The number of fused-ring (bicyclic) bond motifs is 3. The van der Waals surface area contributed by atoms with Crippen molar-refractivity contribution in [3.63, 3.8) is 0 Å². The number of alkyl carbamates (subject to hydrolysis) is 1. The third kappa shape index (κ3) is 8.33. The number of carbonyl (C=O) groups is 4. The summed E-state index contributed by atoms with van der Waals surface area (Å²) in [7, 11) is 1.45. The van der Waals surface area contributed by atoms with Gasteiger partial charge in [0, 0.05) is 31.1 Å². The van der Waals surface area contributed by atoms with Crippen LogP contribution in [-0.4, -0.2) is 96.5 Å². The summed E-state index contributed by atoms with van der Waals surface area (Å²) in [5.41, 5.74) is 3.81. The standard InChI is InChI=1S/C36H39ClF2N4O7/c1-22(40-34(46)50-19-29-27-10-5-3-8-25(27)26-9-4-6-11-28(26)29)31(44)41-30(20-49-33(38)39)32(45)42(2)36(16-7-17-43(21-36)35(47)48)18-23-12-14-24(37)15-13-23/h3-6,8-15,22,29-30,33H,7,16-21H2,1-2H3,(H,40,46)(H,41,44)(H,47,48)/t22-,30-,36+/m0/s1. The molecule has 50 heavy (non-hydrogen) atoms. The molecule has 3 aromatic rings. The molecule has 5 rings (SSSR count). The van der Waals surface area contributed by atoms with Crippen molar-refractivity contribution < 1.29 is 42.5 Å². The van der Waals surface area contributed by atoms with Gasteiger partial charge in [0.2, 0.25) is 11.8 Å². The predicted molar refractivity (Wildman–Crippen MR) is 181 cm³/mol. The van der Waals surface area contributed by atoms with Gasteiger partial charge in [-0.05, 0) is 66.1 Å². The molecule has 1 saturated heterocycles. The largest absolute Gasteiger partial charge is 0.465 e. The fourth-order valence-corrected chi connectivity index (χ4v) is 6.91. The second-order valence-electron chi connectivity index (χ2n) is 12.6. The maximum atomic E-state index is 14.0. The normalized spacial score (nSPS) is 18.1. The fraction of sp³-hybridized carbons (Fsp3) is 0.389. The molecule has 1 aliphatic heterocycles. The minimum Gasteiger partial charge on any atom is -0.465 e. The zero-order chi connectivity index (χ0) is 36.0. The van der Waals surface area contributed by atoms with Crippen molar-refractivity contribution in [1.29, 1.82) is 0 Å². The monoisotopic (exact) mass is 712 g/mol. The lowest BCUT2D eigenvalue weighted by molar-refractivity contribution is -0.156. The Morgan fingerprint density at radius 2 is 1.62 bits per heavy atom. The summed E-state index contributed by atoms with van der Waals surface area (Å²) in [6.07, 6.45) is -0.978. The van der Waals surface area contributed by atoms with Crippen LogP contribution in [0.1, 0.15) is 42.4 Å².